The van der Waals surface area contributed by atoms with Crippen molar-refractivity contribution >= 4 is 21.4 Å². The van der Waals surface area contributed by atoms with Crippen LogP contribution in [0.3, 0.4) is 0 Å². The summed E-state index contributed by atoms with van der Waals surface area (Å²) < 4.78 is 33.5. The van der Waals surface area contributed by atoms with Gasteiger partial charge in [0.15, 0.2) is 0 Å². The van der Waals surface area contributed by atoms with Crippen molar-refractivity contribution in [1.29, 1.82) is 0 Å². The van der Waals surface area contributed by atoms with E-state index < -0.39 is 10.0 Å². The van der Waals surface area contributed by atoms with Crippen LogP contribution < -0.4 is 4.72 Å². The predicted molar refractivity (Wildman–Crippen MR) is 93.5 cm³/mol. The Labute approximate surface area is 146 Å². The summed E-state index contributed by atoms with van der Waals surface area (Å²) >= 11 is 1.38. The first-order valence-electron chi connectivity index (χ1n) is 8.45. The second-order valence-corrected chi connectivity index (χ2v) is 9.14. The van der Waals surface area contributed by atoms with Crippen molar-refractivity contribution in [3.63, 3.8) is 0 Å². The second-order valence-electron chi connectivity index (χ2n) is 6.21. The van der Waals surface area contributed by atoms with Crippen molar-refractivity contribution in [2.45, 2.75) is 69.7 Å². The van der Waals surface area contributed by atoms with Gasteiger partial charge in [-0.05, 0) is 25.8 Å². The molecule has 0 aromatic carbocycles. The number of hydrogen-bond donors (Lipinski definition) is 1. The molecule has 1 aliphatic carbocycles. The van der Waals surface area contributed by atoms with E-state index in [1.54, 1.807) is 6.07 Å². The van der Waals surface area contributed by atoms with Crippen LogP contribution in [0.4, 0.5) is 0 Å². The Kier molecular flexibility index (Phi) is 5.36. The number of nitrogens with zero attached hydrogens (tertiary/aromatic N) is 2. The van der Waals surface area contributed by atoms with Crippen LogP contribution in [-0.2, 0) is 16.4 Å². The van der Waals surface area contributed by atoms with E-state index in [-0.39, 0.29) is 6.04 Å². The third-order valence-electron chi connectivity index (χ3n) is 4.33. The smallest absolute Gasteiger partial charge is 0.241 e. The van der Waals surface area contributed by atoms with E-state index in [2.05, 4.69) is 14.9 Å². The molecule has 0 saturated heterocycles. The number of thiophene rings is 1. The minimum atomic E-state index is -3.52. The number of nitrogens with one attached hydrogen (secondary N) is 1. The molecule has 0 bridgehead atoms. The van der Waals surface area contributed by atoms with Crippen LogP contribution in [0.2, 0.25) is 0 Å². The molecule has 2 aromatic rings. The number of sulfonamides is 1. The summed E-state index contributed by atoms with van der Waals surface area (Å²) in [6.07, 6.45) is 7.05. The summed E-state index contributed by atoms with van der Waals surface area (Å²) in [5.74, 6) is 1.01. The maximum atomic E-state index is 12.8. The van der Waals surface area contributed by atoms with Gasteiger partial charge in [-0.25, -0.2) is 13.1 Å². The molecule has 1 fully saturated rings. The SMILES string of the molecule is CCc1nc(-c2cc(S(=O)(=O)NC3CCCCCC3)c(C)s2)no1. The first-order valence-corrected chi connectivity index (χ1v) is 10.8. The predicted octanol–water partition coefficient (Wildman–Crippen LogP) is 3.67. The highest BCUT2D eigenvalue weighted by atomic mass is 32.2. The summed E-state index contributed by atoms with van der Waals surface area (Å²) in [5.41, 5.74) is 0. The highest BCUT2D eigenvalue weighted by molar-refractivity contribution is 7.89. The summed E-state index contributed by atoms with van der Waals surface area (Å²) in [6, 6.07) is 1.70. The molecule has 0 radical (unpaired) electrons. The average Bonchev–Trinajstić information content (AvgIpc) is 3.09. The highest BCUT2D eigenvalue weighted by Crippen LogP contribution is 2.32. The van der Waals surface area contributed by atoms with Gasteiger partial charge in [-0.3, -0.25) is 0 Å². The van der Waals surface area contributed by atoms with Gasteiger partial charge in [0, 0.05) is 17.3 Å². The van der Waals surface area contributed by atoms with Crippen molar-refractivity contribution in [3.05, 3.63) is 16.8 Å². The fourth-order valence-corrected chi connectivity index (χ4v) is 5.84. The molecule has 2 aromatic heterocycles. The number of aromatic nitrogens is 2. The molecule has 0 amide bonds. The first-order chi connectivity index (χ1) is 11.5. The van der Waals surface area contributed by atoms with E-state index in [1.165, 1.54) is 24.2 Å². The van der Waals surface area contributed by atoms with Crippen LogP contribution in [0.5, 0.6) is 0 Å². The lowest BCUT2D eigenvalue weighted by Gasteiger charge is -2.16. The normalized spacial score (nSPS) is 17.1. The Morgan fingerprint density at radius 3 is 2.62 bits per heavy atom. The number of aryl methyl sites for hydroxylation is 2. The van der Waals surface area contributed by atoms with Gasteiger partial charge in [0.25, 0.3) is 0 Å². The highest BCUT2D eigenvalue weighted by Gasteiger charge is 2.25. The standard InChI is InChI=1S/C16H23N3O3S2/c1-3-15-17-16(18-22-15)13-10-14(11(2)23-13)24(20,21)19-12-8-6-4-5-7-9-12/h10,12,19H,3-9H2,1-2H3. The summed E-state index contributed by atoms with van der Waals surface area (Å²) in [5, 5.41) is 3.93. The molecule has 3 rings (SSSR count). The third kappa shape index (κ3) is 3.87. The fourth-order valence-electron chi connectivity index (χ4n) is 3.02. The minimum absolute atomic E-state index is 0.0390. The van der Waals surface area contributed by atoms with Gasteiger partial charge in [-0.15, -0.1) is 11.3 Å². The molecule has 0 aliphatic heterocycles. The van der Waals surface area contributed by atoms with Crippen LogP contribution in [0.1, 0.15) is 56.2 Å². The number of rotatable bonds is 5. The summed E-state index contributed by atoms with van der Waals surface area (Å²) in [6.45, 7) is 3.75. The van der Waals surface area contributed by atoms with Crippen molar-refractivity contribution in [1.82, 2.24) is 14.9 Å². The van der Waals surface area contributed by atoms with Crippen molar-refractivity contribution in [2.75, 3.05) is 0 Å². The molecule has 0 unspecified atom stereocenters. The lowest BCUT2D eigenvalue weighted by atomic mass is 10.1. The summed E-state index contributed by atoms with van der Waals surface area (Å²) in [4.78, 5) is 6.07. The van der Waals surface area contributed by atoms with E-state index >= 15 is 0 Å². The molecule has 0 spiro atoms. The molecular weight excluding hydrogens is 346 g/mol. The fraction of sp³-hybridized carbons (Fsp3) is 0.625. The van der Waals surface area contributed by atoms with Gasteiger partial charge >= 0.3 is 0 Å². The maximum Gasteiger partial charge on any atom is 0.241 e. The van der Waals surface area contributed by atoms with Gasteiger partial charge < -0.3 is 4.52 Å². The molecule has 6 nitrogen and oxygen atoms in total. The lowest BCUT2D eigenvalue weighted by molar-refractivity contribution is 0.383. The molecule has 24 heavy (non-hydrogen) atoms. The zero-order valence-corrected chi connectivity index (χ0v) is 15.7. The van der Waals surface area contributed by atoms with Gasteiger partial charge in [0.05, 0.1) is 9.77 Å². The van der Waals surface area contributed by atoms with Gasteiger partial charge in [0.1, 0.15) is 0 Å². The molecule has 1 saturated carbocycles. The monoisotopic (exact) mass is 369 g/mol. The van der Waals surface area contributed by atoms with Crippen molar-refractivity contribution in [2.24, 2.45) is 0 Å². The Morgan fingerprint density at radius 2 is 2.00 bits per heavy atom. The first kappa shape index (κ1) is 17.6. The quantitative estimate of drug-likeness (QED) is 0.813. The Bertz CT molecular complexity index is 787. The zero-order valence-electron chi connectivity index (χ0n) is 14.0. The largest absolute Gasteiger partial charge is 0.339 e. The average molecular weight is 370 g/mol. The second kappa shape index (κ2) is 7.33. The van der Waals surface area contributed by atoms with Crippen LogP contribution >= 0.6 is 11.3 Å². The molecule has 8 heteroatoms. The molecule has 1 aliphatic rings. The van der Waals surface area contributed by atoms with Gasteiger partial charge in [-0.2, -0.15) is 4.98 Å². The zero-order chi connectivity index (χ0) is 17.2. The Balaban J connectivity index is 1.82. The molecule has 1 N–H and O–H groups in total. The molecular formula is C16H23N3O3S2. The lowest BCUT2D eigenvalue weighted by Crippen LogP contribution is -2.34. The van der Waals surface area contributed by atoms with Gasteiger partial charge in [0.2, 0.25) is 21.7 Å². The Morgan fingerprint density at radius 1 is 1.29 bits per heavy atom. The Hall–Kier alpha value is -1.25. The molecule has 132 valence electrons. The summed E-state index contributed by atoms with van der Waals surface area (Å²) in [7, 11) is -3.52. The minimum Gasteiger partial charge on any atom is -0.339 e. The van der Waals surface area contributed by atoms with Crippen molar-refractivity contribution < 1.29 is 12.9 Å². The van der Waals surface area contributed by atoms with E-state index in [4.69, 9.17) is 4.52 Å². The van der Waals surface area contributed by atoms with Crippen LogP contribution in [0.15, 0.2) is 15.5 Å². The molecule has 2 heterocycles. The maximum absolute atomic E-state index is 12.8. The number of hydrogen-bond acceptors (Lipinski definition) is 6. The van der Waals surface area contributed by atoms with Gasteiger partial charge in [-0.1, -0.05) is 37.8 Å². The van der Waals surface area contributed by atoms with E-state index in [0.29, 0.717) is 23.0 Å². The topological polar surface area (TPSA) is 85.1 Å². The van der Waals surface area contributed by atoms with E-state index in [9.17, 15) is 8.42 Å². The van der Waals surface area contributed by atoms with E-state index in [0.717, 1.165) is 35.4 Å². The van der Waals surface area contributed by atoms with Crippen LogP contribution in [0.25, 0.3) is 10.7 Å². The molecule has 0 atom stereocenters. The van der Waals surface area contributed by atoms with E-state index in [1.807, 2.05) is 13.8 Å². The van der Waals surface area contributed by atoms with Crippen LogP contribution in [-0.4, -0.2) is 24.6 Å². The van der Waals surface area contributed by atoms with Crippen molar-refractivity contribution in [3.8, 4) is 10.7 Å². The third-order valence-corrected chi connectivity index (χ3v) is 7.15. The van der Waals surface area contributed by atoms with Crippen LogP contribution in [0, 0.1) is 6.92 Å².